The molecule has 1 amide bonds. The largest absolute Gasteiger partial charge is 0.493 e. The molecule has 7 nitrogen and oxygen atoms in total. The standard InChI is InChI=1S/C26H29N3O4/c1-5-20-15-25(31)29-26(28-20)19-7-6-8-21(14-19)27-24(30)12-10-18-9-11-22(23(13-18)32-4)33-16-17(2)3/h6-15,17H,5,16H2,1-4H3,(H,27,30)(H,28,29,31). The van der Waals surface area contributed by atoms with Crippen molar-refractivity contribution in [3.05, 3.63) is 76.2 Å². The highest BCUT2D eigenvalue weighted by Gasteiger charge is 2.08. The maximum Gasteiger partial charge on any atom is 0.251 e. The van der Waals surface area contributed by atoms with Gasteiger partial charge < -0.3 is 19.8 Å². The molecule has 0 bridgehead atoms. The van der Waals surface area contributed by atoms with Crippen molar-refractivity contribution >= 4 is 17.7 Å². The normalized spacial score (nSPS) is 11.1. The lowest BCUT2D eigenvalue weighted by Gasteiger charge is -2.12. The van der Waals surface area contributed by atoms with Crippen LogP contribution in [0.25, 0.3) is 17.5 Å². The number of anilines is 1. The first-order chi connectivity index (χ1) is 15.9. The van der Waals surface area contributed by atoms with Gasteiger partial charge in [0.25, 0.3) is 5.56 Å². The molecule has 0 aliphatic heterocycles. The molecule has 0 fully saturated rings. The summed E-state index contributed by atoms with van der Waals surface area (Å²) >= 11 is 0. The maximum atomic E-state index is 12.5. The lowest BCUT2D eigenvalue weighted by molar-refractivity contribution is -0.111. The van der Waals surface area contributed by atoms with Gasteiger partial charge >= 0.3 is 0 Å². The number of nitrogens with one attached hydrogen (secondary N) is 2. The van der Waals surface area contributed by atoms with E-state index in [4.69, 9.17) is 9.47 Å². The van der Waals surface area contributed by atoms with Gasteiger partial charge in [-0.3, -0.25) is 9.59 Å². The molecule has 0 unspecified atom stereocenters. The molecule has 172 valence electrons. The number of hydrogen-bond donors (Lipinski definition) is 2. The van der Waals surface area contributed by atoms with Crippen LogP contribution in [0.1, 0.15) is 32.0 Å². The number of rotatable bonds is 9. The molecule has 1 heterocycles. The zero-order valence-electron chi connectivity index (χ0n) is 19.3. The van der Waals surface area contributed by atoms with Crippen LogP contribution in [0.3, 0.4) is 0 Å². The van der Waals surface area contributed by atoms with Crippen molar-refractivity contribution in [2.45, 2.75) is 27.2 Å². The predicted octanol–water partition coefficient (Wildman–Crippen LogP) is 4.69. The number of H-pyrrole nitrogens is 1. The third kappa shape index (κ3) is 6.80. The number of carbonyl (C=O) groups excluding carboxylic acids is 1. The molecular formula is C26H29N3O4. The summed E-state index contributed by atoms with van der Waals surface area (Å²) in [5.74, 6) is 1.88. The van der Waals surface area contributed by atoms with Crippen molar-refractivity contribution in [1.29, 1.82) is 0 Å². The second kappa shape index (κ2) is 11.1. The van der Waals surface area contributed by atoms with Gasteiger partial charge in [-0.05, 0) is 48.2 Å². The molecule has 7 heteroatoms. The number of hydrogen-bond acceptors (Lipinski definition) is 5. The Morgan fingerprint density at radius 1 is 1.15 bits per heavy atom. The summed E-state index contributed by atoms with van der Waals surface area (Å²) in [7, 11) is 1.59. The highest BCUT2D eigenvalue weighted by molar-refractivity contribution is 6.02. The second-order valence-electron chi connectivity index (χ2n) is 7.96. The topological polar surface area (TPSA) is 93.3 Å². The number of aromatic amines is 1. The van der Waals surface area contributed by atoms with E-state index >= 15 is 0 Å². The Labute approximate surface area is 193 Å². The molecule has 3 aromatic rings. The van der Waals surface area contributed by atoms with Gasteiger partial charge in [-0.15, -0.1) is 0 Å². The van der Waals surface area contributed by atoms with E-state index in [0.29, 0.717) is 53.2 Å². The van der Waals surface area contributed by atoms with Crippen molar-refractivity contribution in [2.75, 3.05) is 19.0 Å². The van der Waals surface area contributed by atoms with Crippen LogP contribution in [-0.4, -0.2) is 29.6 Å². The average molecular weight is 448 g/mol. The Morgan fingerprint density at radius 3 is 2.70 bits per heavy atom. The van der Waals surface area contributed by atoms with Gasteiger partial charge in [0.1, 0.15) is 5.82 Å². The third-order valence-corrected chi connectivity index (χ3v) is 4.75. The number of ether oxygens (including phenoxy) is 2. The molecule has 2 aromatic carbocycles. The Morgan fingerprint density at radius 2 is 1.97 bits per heavy atom. The van der Waals surface area contributed by atoms with Crippen LogP contribution in [0.15, 0.2) is 59.4 Å². The van der Waals surface area contributed by atoms with Gasteiger partial charge in [0.05, 0.1) is 13.7 Å². The molecule has 1 aromatic heterocycles. The molecule has 3 rings (SSSR count). The van der Waals surface area contributed by atoms with Gasteiger partial charge in [0, 0.05) is 29.1 Å². The van der Waals surface area contributed by atoms with Crippen LogP contribution in [0.5, 0.6) is 11.5 Å². The summed E-state index contributed by atoms with van der Waals surface area (Å²) in [5, 5.41) is 2.84. The summed E-state index contributed by atoms with van der Waals surface area (Å²) in [6.45, 7) is 6.70. The molecule has 0 aliphatic rings. The van der Waals surface area contributed by atoms with Gasteiger partial charge in [-0.2, -0.15) is 0 Å². The molecule has 2 N–H and O–H groups in total. The zero-order chi connectivity index (χ0) is 23.8. The molecule has 0 saturated carbocycles. The smallest absolute Gasteiger partial charge is 0.251 e. The molecule has 0 atom stereocenters. The van der Waals surface area contributed by atoms with Crippen LogP contribution >= 0.6 is 0 Å². The highest BCUT2D eigenvalue weighted by Crippen LogP contribution is 2.29. The van der Waals surface area contributed by atoms with Crippen molar-refractivity contribution < 1.29 is 14.3 Å². The summed E-state index contributed by atoms with van der Waals surface area (Å²) < 4.78 is 11.2. The van der Waals surface area contributed by atoms with Gasteiger partial charge in [-0.1, -0.05) is 39.0 Å². The highest BCUT2D eigenvalue weighted by atomic mass is 16.5. The number of aryl methyl sites for hydroxylation is 1. The fourth-order valence-corrected chi connectivity index (χ4v) is 3.09. The number of nitrogens with zero attached hydrogens (tertiary/aromatic N) is 1. The monoisotopic (exact) mass is 447 g/mol. The number of carbonyl (C=O) groups is 1. The summed E-state index contributed by atoms with van der Waals surface area (Å²) in [5.41, 5.74) is 2.63. The number of benzene rings is 2. The zero-order valence-corrected chi connectivity index (χ0v) is 19.3. The van der Waals surface area contributed by atoms with Crippen LogP contribution < -0.4 is 20.3 Å². The SMILES string of the molecule is CCc1cc(=O)[nH]c(-c2cccc(NC(=O)C=Cc3ccc(OCC(C)C)c(OC)c3)c2)n1. The molecular weight excluding hydrogens is 418 g/mol. The Balaban J connectivity index is 1.70. The van der Waals surface area contributed by atoms with Crippen LogP contribution in [0.2, 0.25) is 0 Å². The Bertz CT molecular complexity index is 1200. The van der Waals surface area contributed by atoms with E-state index in [9.17, 15) is 9.59 Å². The average Bonchev–Trinajstić information content (AvgIpc) is 2.81. The second-order valence-corrected chi connectivity index (χ2v) is 7.96. The van der Waals surface area contributed by atoms with E-state index in [1.807, 2.05) is 31.2 Å². The maximum absolute atomic E-state index is 12.5. The van der Waals surface area contributed by atoms with Gasteiger partial charge in [0.2, 0.25) is 5.91 Å². The Hall–Kier alpha value is -3.87. The summed E-state index contributed by atoms with van der Waals surface area (Å²) in [6.07, 6.45) is 3.82. The van der Waals surface area contributed by atoms with E-state index in [-0.39, 0.29) is 11.5 Å². The third-order valence-electron chi connectivity index (χ3n) is 4.75. The fraction of sp³-hybridized carbons (Fsp3) is 0.269. The molecule has 0 spiro atoms. The van der Waals surface area contributed by atoms with Gasteiger partial charge in [-0.25, -0.2) is 4.98 Å². The lowest BCUT2D eigenvalue weighted by atomic mass is 10.1. The summed E-state index contributed by atoms with van der Waals surface area (Å²) in [6, 6.07) is 14.2. The lowest BCUT2D eigenvalue weighted by Crippen LogP contribution is -2.10. The minimum atomic E-state index is -0.282. The Kier molecular flexibility index (Phi) is 8.02. The first-order valence-electron chi connectivity index (χ1n) is 10.9. The van der Waals surface area contributed by atoms with E-state index in [1.54, 1.807) is 31.4 Å². The van der Waals surface area contributed by atoms with Gasteiger partial charge in [0.15, 0.2) is 11.5 Å². The van der Waals surface area contributed by atoms with Crippen LogP contribution in [0, 0.1) is 5.92 Å². The van der Waals surface area contributed by atoms with Crippen molar-refractivity contribution in [2.24, 2.45) is 5.92 Å². The summed E-state index contributed by atoms with van der Waals surface area (Å²) in [4.78, 5) is 31.5. The first kappa shape index (κ1) is 23.8. The van der Waals surface area contributed by atoms with Crippen molar-refractivity contribution in [3.8, 4) is 22.9 Å². The fourth-order valence-electron chi connectivity index (χ4n) is 3.09. The first-order valence-corrected chi connectivity index (χ1v) is 10.9. The molecule has 0 radical (unpaired) electrons. The van der Waals surface area contributed by atoms with E-state index in [1.165, 1.54) is 12.1 Å². The molecule has 0 saturated heterocycles. The van der Waals surface area contributed by atoms with Crippen molar-refractivity contribution in [1.82, 2.24) is 9.97 Å². The molecule has 0 aliphatic carbocycles. The quantitative estimate of drug-likeness (QED) is 0.464. The predicted molar refractivity (Wildman–Crippen MR) is 131 cm³/mol. The van der Waals surface area contributed by atoms with Crippen LogP contribution in [0.4, 0.5) is 5.69 Å². The van der Waals surface area contributed by atoms with E-state index in [0.717, 1.165) is 5.56 Å². The number of aromatic nitrogens is 2. The minimum Gasteiger partial charge on any atom is -0.493 e. The van der Waals surface area contributed by atoms with Crippen molar-refractivity contribution in [3.63, 3.8) is 0 Å². The number of amides is 1. The van der Waals surface area contributed by atoms with E-state index < -0.39 is 0 Å². The minimum absolute atomic E-state index is 0.203. The van der Waals surface area contributed by atoms with E-state index in [2.05, 4.69) is 29.1 Å². The number of methoxy groups -OCH3 is 1. The van der Waals surface area contributed by atoms with Crippen LogP contribution in [-0.2, 0) is 11.2 Å². The molecule has 33 heavy (non-hydrogen) atoms.